The van der Waals surface area contributed by atoms with Crippen LogP contribution < -0.4 is 4.74 Å². The second kappa shape index (κ2) is 6.01. The first kappa shape index (κ1) is 12.4. The Hall–Kier alpha value is -2.09. The van der Waals surface area contributed by atoms with Crippen molar-refractivity contribution in [3.63, 3.8) is 0 Å². The summed E-state index contributed by atoms with van der Waals surface area (Å²) in [7, 11) is 1.67. The molecule has 2 aromatic rings. The maximum Gasteiger partial charge on any atom is 0.118 e. The molecular weight excluding hydrogens is 222 g/mol. The van der Waals surface area contributed by atoms with Crippen molar-refractivity contribution in [3.05, 3.63) is 65.7 Å². The Morgan fingerprint density at radius 2 is 1.67 bits per heavy atom. The zero-order chi connectivity index (χ0) is 12.8. The van der Waals surface area contributed by atoms with Gasteiger partial charge in [0.25, 0.3) is 0 Å². The molecule has 2 heteroatoms. The highest BCUT2D eigenvalue weighted by atomic mass is 16.5. The van der Waals surface area contributed by atoms with Crippen molar-refractivity contribution >= 4 is 5.71 Å². The molecule has 0 atom stereocenters. The van der Waals surface area contributed by atoms with Gasteiger partial charge in [0.15, 0.2) is 0 Å². The van der Waals surface area contributed by atoms with Crippen LogP contribution in [0.25, 0.3) is 0 Å². The van der Waals surface area contributed by atoms with Crippen molar-refractivity contribution in [2.75, 3.05) is 7.11 Å². The summed E-state index contributed by atoms with van der Waals surface area (Å²) in [6, 6.07) is 18.2. The first-order valence-electron chi connectivity index (χ1n) is 5.99. The molecule has 0 spiro atoms. The Morgan fingerprint density at radius 1 is 1.00 bits per heavy atom. The van der Waals surface area contributed by atoms with Crippen molar-refractivity contribution in [2.45, 2.75) is 13.5 Å². The van der Waals surface area contributed by atoms with E-state index in [1.54, 1.807) is 7.11 Å². The summed E-state index contributed by atoms with van der Waals surface area (Å²) in [6.07, 6.45) is 0. The predicted octanol–water partition coefficient (Wildman–Crippen LogP) is 3.70. The zero-order valence-electron chi connectivity index (χ0n) is 10.8. The van der Waals surface area contributed by atoms with E-state index in [0.717, 1.165) is 23.6 Å². The Labute approximate surface area is 108 Å². The number of nitrogens with zero attached hydrogens (tertiary/aromatic N) is 1. The molecule has 0 unspecified atom stereocenters. The third kappa shape index (κ3) is 3.20. The number of aliphatic imine (C=N–C) groups is 1. The van der Waals surface area contributed by atoms with E-state index in [4.69, 9.17) is 4.74 Å². The van der Waals surface area contributed by atoms with E-state index in [2.05, 4.69) is 17.1 Å². The van der Waals surface area contributed by atoms with Crippen LogP contribution in [-0.4, -0.2) is 12.8 Å². The molecule has 0 N–H and O–H groups in total. The van der Waals surface area contributed by atoms with Gasteiger partial charge in [0.05, 0.1) is 13.7 Å². The monoisotopic (exact) mass is 239 g/mol. The fourth-order valence-electron chi connectivity index (χ4n) is 1.72. The molecule has 92 valence electrons. The van der Waals surface area contributed by atoms with Crippen LogP contribution in [0, 0.1) is 0 Å². The van der Waals surface area contributed by atoms with Crippen LogP contribution in [0.2, 0.25) is 0 Å². The second-order valence-corrected chi connectivity index (χ2v) is 4.12. The molecule has 2 aromatic carbocycles. The van der Waals surface area contributed by atoms with Gasteiger partial charge in [-0.15, -0.1) is 0 Å². The highest BCUT2D eigenvalue weighted by Crippen LogP contribution is 2.12. The van der Waals surface area contributed by atoms with Gasteiger partial charge < -0.3 is 4.74 Å². The van der Waals surface area contributed by atoms with Crippen LogP contribution >= 0.6 is 0 Å². The Balaban J connectivity index is 2.08. The number of hydrogen-bond donors (Lipinski definition) is 0. The van der Waals surface area contributed by atoms with E-state index in [0.29, 0.717) is 0 Å². The first-order chi connectivity index (χ1) is 8.79. The molecule has 0 saturated carbocycles. The molecule has 0 fully saturated rings. The lowest BCUT2D eigenvalue weighted by atomic mass is 10.1. The molecule has 0 saturated heterocycles. The van der Waals surface area contributed by atoms with E-state index in [1.165, 1.54) is 5.56 Å². The molecule has 0 bridgehead atoms. The Morgan fingerprint density at radius 3 is 2.28 bits per heavy atom. The molecule has 0 aliphatic heterocycles. The van der Waals surface area contributed by atoms with E-state index in [-0.39, 0.29) is 0 Å². The van der Waals surface area contributed by atoms with Gasteiger partial charge in [-0.25, -0.2) is 0 Å². The number of methoxy groups -OCH3 is 1. The number of rotatable bonds is 4. The van der Waals surface area contributed by atoms with Crippen LogP contribution in [0.3, 0.4) is 0 Å². The van der Waals surface area contributed by atoms with Gasteiger partial charge >= 0.3 is 0 Å². The average molecular weight is 239 g/mol. The molecule has 0 heterocycles. The van der Waals surface area contributed by atoms with Crippen LogP contribution in [0.1, 0.15) is 18.1 Å². The predicted molar refractivity (Wildman–Crippen MR) is 75.4 cm³/mol. The zero-order valence-corrected chi connectivity index (χ0v) is 10.8. The summed E-state index contributed by atoms with van der Waals surface area (Å²) in [5.41, 5.74) is 3.40. The van der Waals surface area contributed by atoms with E-state index in [1.807, 2.05) is 49.4 Å². The summed E-state index contributed by atoms with van der Waals surface area (Å²) >= 11 is 0. The van der Waals surface area contributed by atoms with Crippen LogP contribution in [0.4, 0.5) is 0 Å². The van der Waals surface area contributed by atoms with Gasteiger partial charge in [-0.3, -0.25) is 4.99 Å². The third-order valence-electron chi connectivity index (χ3n) is 2.85. The van der Waals surface area contributed by atoms with Crippen molar-refractivity contribution in [2.24, 2.45) is 4.99 Å². The van der Waals surface area contributed by atoms with Crippen molar-refractivity contribution in [1.82, 2.24) is 0 Å². The summed E-state index contributed by atoms with van der Waals surface area (Å²) in [5.74, 6) is 0.870. The Kier molecular flexibility index (Phi) is 4.13. The van der Waals surface area contributed by atoms with Gasteiger partial charge in [-0.05, 0) is 42.3 Å². The molecule has 0 aromatic heterocycles. The maximum atomic E-state index is 5.14. The lowest BCUT2D eigenvalue weighted by molar-refractivity contribution is 0.415. The standard InChI is InChI=1S/C16H17NO/c1-13(15-8-10-16(18-2)11-9-15)17-12-14-6-4-3-5-7-14/h3-11H,12H2,1-2H3. The maximum absolute atomic E-state index is 5.14. The lowest BCUT2D eigenvalue weighted by Crippen LogP contribution is -1.96. The molecule has 0 aliphatic carbocycles. The quantitative estimate of drug-likeness (QED) is 0.745. The number of hydrogen-bond acceptors (Lipinski definition) is 2. The lowest BCUT2D eigenvalue weighted by Gasteiger charge is -2.03. The van der Waals surface area contributed by atoms with Crippen molar-refractivity contribution < 1.29 is 4.74 Å². The highest BCUT2D eigenvalue weighted by Gasteiger charge is 1.98. The fourth-order valence-corrected chi connectivity index (χ4v) is 1.72. The SMILES string of the molecule is COc1ccc(C(C)=NCc2ccccc2)cc1. The molecule has 0 radical (unpaired) electrons. The molecular formula is C16H17NO. The van der Waals surface area contributed by atoms with E-state index >= 15 is 0 Å². The van der Waals surface area contributed by atoms with Gasteiger partial charge in [-0.1, -0.05) is 30.3 Å². The first-order valence-corrected chi connectivity index (χ1v) is 5.99. The van der Waals surface area contributed by atoms with Crippen molar-refractivity contribution in [3.8, 4) is 5.75 Å². The van der Waals surface area contributed by atoms with Gasteiger partial charge in [-0.2, -0.15) is 0 Å². The minimum absolute atomic E-state index is 0.721. The minimum atomic E-state index is 0.721. The topological polar surface area (TPSA) is 21.6 Å². The summed E-state index contributed by atoms with van der Waals surface area (Å²) in [6.45, 7) is 2.75. The summed E-state index contributed by atoms with van der Waals surface area (Å²) < 4.78 is 5.14. The minimum Gasteiger partial charge on any atom is -0.497 e. The second-order valence-electron chi connectivity index (χ2n) is 4.12. The molecule has 2 rings (SSSR count). The highest BCUT2D eigenvalue weighted by molar-refractivity contribution is 5.98. The van der Waals surface area contributed by atoms with Gasteiger partial charge in [0.1, 0.15) is 5.75 Å². The Bertz CT molecular complexity index is 515. The van der Waals surface area contributed by atoms with E-state index in [9.17, 15) is 0 Å². The average Bonchev–Trinajstić information content (AvgIpc) is 2.46. The van der Waals surface area contributed by atoms with E-state index < -0.39 is 0 Å². The normalized spacial score (nSPS) is 11.3. The largest absolute Gasteiger partial charge is 0.497 e. The smallest absolute Gasteiger partial charge is 0.118 e. The number of ether oxygens (including phenoxy) is 1. The van der Waals surface area contributed by atoms with Crippen molar-refractivity contribution in [1.29, 1.82) is 0 Å². The molecule has 0 aliphatic rings. The third-order valence-corrected chi connectivity index (χ3v) is 2.85. The van der Waals surface area contributed by atoms with Crippen LogP contribution in [0.5, 0.6) is 5.75 Å². The van der Waals surface area contributed by atoms with Crippen LogP contribution in [-0.2, 0) is 6.54 Å². The van der Waals surface area contributed by atoms with Gasteiger partial charge in [0, 0.05) is 5.71 Å². The fraction of sp³-hybridized carbons (Fsp3) is 0.188. The molecule has 0 amide bonds. The summed E-state index contributed by atoms with van der Waals surface area (Å²) in [4.78, 5) is 4.60. The van der Waals surface area contributed by atoms with Gasteiger partial charge in [0.2, 0.25) is 0 Å². The number of benzene rings is 2. The molecule has 18 heavy (non-hydrogen) atoms. The van der Waals surface area contributed by atoms with Crippen LogP contribution in [0.15, 0.2) is 59.6 Å². The summed E-state index contributed by atoms with van der Waals surface area (Å²) in [5, 5.41) is 0. The molecule has 2 nitrogen and oxygen atoms in total.